The molecule has 1 atom stereocenters. The molecule has 0 aliphatic carbocycles. The van der Waals surface area contributed by atoms with E-state index in [4.69, 9.17) is 0 Å². The summed E-state index contributed by atoms with van der Waals surface area (Å²) in [4.78, 5) is 13.6. The van der Waals surface area contributed by atoms with E-state index in [1.807, 2.05) is 6.26 Å². The smallest absolute Gasteiger partial charge is 0.385 e. The van der Waals surface area contributed by atoms with E-state index in [2.05, 4.69) is 0 Å². The van der Waals surface area contributed by atoms with Crippen LogP contribution in [0.3, 0.4) is 0 Å². The van der Waals surface area contributed by atoms with Gasteiger partial charge in [0.15, 0.2) is 0 Å². The lowest BCUT2D eigenvalue weighted by molar-refractivity contribution is -0.144. The van der Waals surface area contributed by atoms with Crippen LogP contribution in [0.5, 0.6) is 0 Å². The summed E-state index contributed by atoms with van der Waals surface area (Å²) in [6, 6.07) is 4.68. The van der Waals surface area contributed by atoms with Crippen LogP contribution in [-0.2, 0) is 16.6 Å². The van der Waals surface area contributed by atoms with Gasteiger partial charge in [-0.25, -0.2) is 0 Å². The number of thioether (sulfide) groups is 1. The third-order valence-corrected chi connectivity index (χ3v) is 5.15. The largest absolute Gasteiger partial charge is 0.416 e. The Morgan fingerprint density at radius 2 is 2.00 bits per heavy atom. The third-order valence-electron chi connectivity index (χ3n) is 4.51. The maximum Gasteiger partial charge on any atom is 0.416 e. The van der Waals surface area contributed by atoms with Crippen LogP contribution in [0.15, 0.2) is 24.3 Å². The highest BCUT2D eigenvalue weighted by Gasteiger charge is 2.38. The highest BCUT2D eigenvalue weighted by Crippen LogP contribution is 2.36. The van der Waals surface area contributed by atoms with Crippen molar-refractivity contribution in [1.82, 2.24) is 4.90 Å². The summed E-state index contributed by atoms with van der Waals surface area (Å²) in [5.74, 6) is 0.273. The molecule has 0 unspecified atom stereocenters. The summed E-state index contributed by atoms with van der Waals surface area (Å²) in [7, 11) is 0. The van der Waals surface area contributed by atoms with E-state index in [1.54, 1.807) is 0 Å². The number of piperidine rings is 1. The number of carbonyl (C=O) groups is 1. The van der Waals surface area contributed by atoms with Crippen LogP contribution in [0.1, 0.15) is 30.4 Å². The quantitative estimate of drug-likeness (QED) is 0.828. The molecule has 140 valence electrons. The van der Waals surface area contributed by atoms with Crippen molar-refractivity contribution in [2.45, 2.75) is 37.1 Å². The molecule has 4 nitrogen and oxygen atoms in total. The SMILES string of the molecule is CSCC[C@@H](O)C(=O)N1CCC(O)(c2cccc(C(F)(F)F)c2)CC1. The Labute approximate surface area is 149 Å². The van der Waals surface area contributed by atoms with Crippen molar-refractivity contribution in [3.8, 4) is 0 Å². The minimum Gasteiger partial charge on any atom is -0.385 e. The molecule has 2 N–H and O–H groups in total. The topological polar surface area (TPSA) is 60.8 Å². The number of rotatable bonds is 5. The van der Waals surface area contributed by atoms with Gasteiger partial charge in [-0.3, -0.25) is 4.79 Å². The molecule has 0 bridgehead atoms. The standard InChI is InChI=1S/C17H22F3NO3S/c1-25-10-5-14(22)15(23)21-8-6-16(24,7-9-21)12-3-2-4-13(11-12)17(18,19)20/h2-4,11,14,22,24H,5-10H2,1H3/t14-/m1/s1. The molecule has 1 saturated heterocycles. The first-order valence-corrected chi connectivity index (χ1v) is 9.43. The summed E-state index contributed by atoms with van der Waals surface area (Å²) in [5.41, 5.74) is -2.00. The zero-order chi connectivity index (χ0) is 18.7. The van der Waals surface area contributed by atoms with Gasteiger partial charge in [-0.1, -0.05) is 12.1 Å². The van der Waals surface area contributed by atoms with Gasteiger partial charge in [-0.2, -0.15) is 24.9 Å². The number of nitrogens with zero attached hydrogens (tertiary/aromatic N) is 1. The van der Waals surface area contributed by atoms with Gasteiger partial charge in [-0.05, 0) is 49.0 Å². The first-order chi connectivity index (χ1) is 11.7. The minimum atomic E-state index is -4.47. The highest BCUT2D eigenvalue weighted by atomic mass is 32.2. The summed E-state index contributed by atoms with van der Waals surface area (Å²) >= 11 is 1.53. The van der Waals surface area contributed by atoms with Crippen LogP contribution in [0.25, 0.3) is 0 Å². The van der Waals surface area contributed by atoms with Crippen molar-refractivity contribution in [1.29, 1.82) is 0 Å². The lowest BCUT2D eigenvalue weighted by atomic mass is 9.83. The van der Waals surface area contributed by atoms with Gasteiger partial charge in [-0.15, -0.1) is 0 Å². The molecule has 0 spiro atoms. The average molecular weight is 377 g/mol. The third kappa shape index (κ3) is 4.89. The molecule has 25 heavy (non-hydrogen) atoms. The van der Waals surface area contributed by atoms with E-state index < -0.39 is 23.4 Å². The van der Waals surface area contributed by atoms with Crippen LogP contribution >= 0.6 is 11.8 Å². The minimum absolute atomic E-state index is 0.134. The van der Waals surface area contributed by atoms with E-state index in [-0.39, 0.29) is 37.4 Å². The molecular weight excluding hydrogens is 355 g/mol. The number of halogens is 3. The fourth-order valence-corrected chi connectivity index (χ4v) is 3.39. The second-order valence-corrected chi connectivity index (χ2v) is 7.22. The first-order valence-electron chi connectivity index (χ1n) is 8.03. The Kier molecular flexibility index (Phi) is 6.40. The number of amides is 1. The van der Waals surface area contributed by atoms with E-state index >= 15 is 0 Å². The molecule has 1 aromatic carbocycles. The summed E-state index contributed by atoms with van der Waals surface area (Å²) in [6.45, 7) is 0.393. The number of carbonyl (C=O) groups excluding carboxylic acids is 1. The van der Waals surface area contributed by atoms with Gasteiger partial charge < -0.3 is 15.1 Å². The molecular formula is C17H22F3NO3S. The molecule has 0 saturated carbocycles. The molecule has 1 fully saturated rings. The van der Waals surface area contributed by atoms with Crippen molar-refractivity contribution >= 4 is 17.7 Å². The van der Waals surface area contributed by atoms with Gasteiger partial charge in [0, 0.05) is 13.1 Å². The number of hydrogen-bond acceptors (Lipinski definition) is 4. The maximum atomic E-state index is 12.9. The lowest BCUT2D eigenvalue weighted by Gasteiger charge is -2.39. The summed E-state index contributed by atoms with van der Waals surface area (Å²) in [5, 5.41) is 20.6. The van der Waals surface area contributed by atoms with Crippen LogP contribution in [-0.4, -0.2) is 52.2 Å². The monoisotopic (exact) mass is 377 g/mol. The average Bonchev–Trinajstić information content (AvgIpc) is 2.59. The predicted molar refractivity (Wildman–Crippen MR) is 90.2 cm³/mol. The normalized spacial score (nSPS) is 18.9. The van der Waals surface area contributed by atoms with Crippen molar-refractivity contribution in [3.63, 3.8) is 0 Å². The van der Waals surface area contributed by atoms with Crippen LogP contribution in [0.4, 0.5) is 13.2 Å². The van der Waals surface area contributed by atoms with Crippen LogP contribution in [0.2, 0.25) is 0 Å². The van der Waals surface area contributed by atoms with Gasteiger partial charge in [0.1, 0.15) is 6.10 Å². The number of hydrogen-bond donors (Lipinski definition) is 2. The number of aliphatic hydroxyl groups is 2. The van der Waals surface area contributed by atoms with Crippen molar-refractivity contribution < 1.29 is 28.2 Å². The van der Waals surface area contributed by atoms with Gasteiger partial charge >= 0.3 is 6.18 Å². The van der Waals surface area contributed by atoms with Gasteiger partial charge in [0.25, 0.3) is 5.91 Å². The molecule has 0 aromatic heterocycles. The Bertz CT molecular complexity index is 601. The Morgan fingerprint density at radius 3 is 2.56 bits per heavy atom. The Morgan fingerprint density at radius 1 is 1.36 bits per heavy atom. The lowest BCUT2D eigenvalue weighted by Crippen LogP contribution is -2.48. The van der Waals surface area contributed by atoms with E-state index in [0.717, 1.165) is 12.1 Å². The van der Waals surface area contributed by atoms with E-state index in [9.17, 15) is 28.2 Å². The number of aliphatic hydroxyl groups excluding tert-OH is 1. The molecule has 2 rings (SSSR count). The van der Waals surface area contributed by atoms with Crippen molar-refractivity contribution in [2.75, 3.05) is 25.1 Å². The molecule has 1 aromatic rings. The Hall–Kier alpha value is -1.25. The molecule has 0 radical (unpaired) electrons. The Balaban J connectivity index is 2.04. The van der Waals surface area contributed by atoms with E-state index in [0.29, 0.717) is 12.2 Å². The molecule has 1 amide bonds. The highest BCUT2D eigenvalue weighted by molar-refractivity contribution is 7.98. The molecule has 1 heterocycles. The fraction of sp³-hybridized carbons (Fsp3) is 0.588. The number of alkyl halides is 3. The molecule has 8 heteroatoms. The number of likely N-dealkylation sites (tertiary alicyclic amines) is 1. The zero-order valence-corrected chi connectivity index (χ0v) is 14.7. The summed E-state index contributed by atoms with van der Waals surface area (Å²) < 4.78 is 38.6. The van der Waals surface area contributed by atoms with Gasteiger partial charge in [0.2, 0.25) is 0 Å². The number of benzene rings is 1. The maximum absolute atomic E-state index is 12.9. The second kappa shape index (κ2) is 7.97. The van der Waals surface area contributed by atoms with Gasteiger partial charge in [0.05, 0.1) is 11.2 Å². The van der Waals surface area contributed by atoms with E-state index in [1.165, 1.54) is 28.8 Å². The van der Waals surface area contributed by atoms with Crippen molar-refractivity contribution in [2.24, 2.45) is 0 Å². The zero-order valence-electron chi connectivity index (χ0n) is 13.9. The first kappa shape index (κ1) is 20.1. The molecule has 1 aliphatic rings. The predicted octanol–water partition coefficient (Wildman–Crippen LogP) is 2.63. The molecule has 1 aliphatic heterocycles. The second-order valence-electron chi connectivity index (χ2n) is 6.23. The van der Waals surface area contributed by atoms with Crippen LogP contribution in [0, 0.1) is 0 Å². The fourth-order valence-electron chi connectivity index (χ4n) is 2.93. The van der Waals surface area contributed by atoms with Crippen molar-refractivity contribution in [3.05, 3.63) is 35.4 Å². The van der Waals surface area contributed by atoms with Crippen LogP contribution < -0.4 is 0 Å². The summed E-state index contributed by atoms with van der Waals surface area (Å²) in [6.07, 6.45) is -3.04.